The van der Waals surface area contributed by atoms with Crippen LogP contribution >= 0.6 is 0 Å². The third kappa shape index (κ3) is 2.22. The van der Waals surface area contributed by atoms with Crippen molar-refractivity contribution in [1.82, 2.24) is 0 Å². The summed E-state index contributed by atoms with van der Waals surface area (Å²) in [6.45, 7) is 0. The summed E-state index contributed by atoms with van der Waals surface area (Å²) >= 11 is 0. The van der Waals surface area contributed by atoms with Gasteiger partial charge in [-0.15, -0.1) is 0 Å². The average molecular weight is 265 g/mol. The lowest BCUT2D eigenvalue weighted by molar-refractivity contribution is 0.329. The van der Waals surface area contributed by atoms with Crippen LogP contribution in [0.15, 0.2) is 17.1 Å². The van der Waals surface area contributed by atoms with Crippen molar-refractivity contribution in [2.45, 2.75) is 31.2 Å². The topological polar surface area (TPSA) is 47.9 Å². The Hall–Kier alpha value is -1.87. The van der Waals surface area contributed by atoms with Crippen LogP contribution in [0.25, 0.3) is 0 Å². The summed E-state index contributed by atoms with van der Waals surface area (Å²) in [6.07, 6.45) is 4.59. The minimum absolute atomic E-state index is 0.301. The molecular weight excluding hydrogens is 249 g/mol. The maximum absolute atomic E-state index is 14.2. The van der Waals surface area contributed by atoms with Gasteiger partial charge >= 0.3 is 0 Å². The standard InChI is InChI=1S/C14H16FNO3/c1-18-11-6-5-10(15)12(13(11)19-2)14(16-9-17)7-3-4-8-14/h5-6H,3-4,7-8H2,1-2H3. The van der Waals surface area contributed by atoms with Gasteiger partial charge in [-0.2, -0.15) is 4.99 Å². The van der Waals surface area contributed by atoms with Gasteiger partial charge in [0.1, 0.15) is 11.4 Å². The molecule has 0 amide bonds. The van der Waals surface area contributed by atoms with E-state index in [4.69, 9.17) is 9.47 Å². The molecule has 0 heterocycles. The van der Waals surface area contributed by atoms with Gasteiger partial charge in [0.05, 0.1) is 19.8 Å². The van der Waals surface area contributed by atoms with Gasteiger partial charge in [0, 0.05) is 0 Å². The molecule has 2 rings (SSSR count). The average Bonchev–Trinajstić information content (AvgIpc) is 2.88. The zero-order chi connectivity index (χ0) is 13.9. The molecule has 5 heteroatoms. The molecule has 0 radical (unpaired) electrons. The Labute approximate surface area is 111 Å². The summed E-state index contributed by atoms with van der Waals surface area (Å²) in [6, 6.07) is 2.82. The second kappa shape index (κ2) is 5.41. The first-order valence-corrected chi connectivity index (χ1v) is 6.18. The minimum atomic E-state index is -0.869. The highest BCUT2D eigenvalue weighted by Crippen LogP contribution is 2.49. The van der Waals surface area contributed by atoms with Crippen molar-refractivity contribution in [3.63, 3.8) is 0 Å². The lowest BCUT2D eigenvalue weighted by Gasteiger charge is -2.26. The number of isocyanates is 1. The number of carbonyl (C=O) groups excluding carboxylic acids is 1. The summed E-state index contributed by atoms with van der Waals surface area (Å²) in [5.41, 5.74) is -0.568. The van der Waals surface area contributed by atoms with Crippen LogP contribution in [0.5, 0.6) is 11.5 Å². The Bertz CT molecular complexity index is 518. The molecule has 0 aliphatic heterocycles. The minimum Gasteiger partial charge on any atom is -0.493 e. The van der Waals surface area contributed by atoms with Crippen LogP contribution in [0, 0.1) is 5.82 Å². The Morgan fingerprint density at radius 1 is 1.26 bits per heavy atom. The molecule has 0 N–H and O–H groups in total. The van der Waals surface area contributed by atoms with E-state index >= 15 is 0 Å². The Morgan fingerprint density at radius 3 is 2.47 bits per heavy atom. The zero-order valence-electron chi connectivity index (χ0n) is 11.0. The molecule has 19 heavy (non-hydrogen) atoms. The predicted octanol–water partition coefficient (Wildman–Crippen LogP) is 2.95. The number of hydrogen-bond acceptors (Lipinski definition) is 4. The number of nitrogens with zero attached hydrogens (tertiary/aromatic N) is 1. The number of aliphatic imine (C=N–C) groups is 1. The first-order chi connectivity index (χ1) is 9.18. The van der Waals surface area contributed by atoms with Gasteiger partial charge in [-0.05, 0) is 25.0 Å². The lowest BCUT2D eigenvalue weighted by Crippen LogP contribution is -2.22. The normalized spacial score (nSPS) is 16.8. The van der Waals surface area contributed by atoms with Crippen molar-refractivity contribution >= 4 is 6.08 Å². The summed E-state index contributed by atoms with van der Waals surface area (Å²) in [7, 11) is 2.94. The van der Waals surface area contributed by atoms with Gasteiger partial charge < -0.3 is 9.47 Å². The summed E-state index contributed by atoms with van der Waals surface area (Å²) in [5.74, 6) is 0.313. The predicted molar refractivity (Wildman–Crippen MR) is 67.8 cm³/mol. The summed E-state index contributed by atoms with van der Waals surface area (Å²) in [5, 5.41) is 0. The maximum Gasteiger partial charge on any atom is 0.235 e. The highest BCUT2D eigenvalue weighted by Gasteiger charge is 2.41. The number of methoxy groups -OCH3 is 2. The molecule has 0 saturated heterocycles. The molecule has 0 unspecified atom stereocenters. The molecule has 4 nitrogen and oxygen atoms in total. The molecule has 1 aromatic carbocycles. The molecule has 1 fully saturated rings. The van der Waals surface area contributed by atoms with Crippen LogP contribution in [0.4, 0.5) is 4.39 Å². The fourth-order valence-electron chi connectivity index (χ4n) is 2.80. The van der Waals surface area contributed by atoms with Crippen LogP contribution in [-0.2, 0) is 10.3 Å². The highest BCUT2D eigenvalue weighted by molar-refractivity contribution is 5.52. The van der Waals surface area contributed by atoms with Crippen LogP contribution in [0.2, 0.25) is 0 Å². The van der Waals surface area contributed by atoms with E-state index in [0.29, 0.717) is 29.9 Å². The third-order valence-electron chi connectivity index (χ3n) is 3.65. The number of hydrogen-bond donors (Lipinski definition) is 0. The largest absolute Gasteiger partial charge is 0.493 e. The van der Waals surface area contributed by atoms with Gasteiger partial charge in [0.15, 0.2) is 11.5 Å². The summed E-state index contributed by atoms with van der Waals surface area (Å²) < 4.78 is 24.7. The smallest absolute Gasteiger partial charge is 0.235 e. The molecule has 0 spiro atoms. The SMILES string of the molecule is COc1ccc(F)c(C2(N=C=O)CCCC2)c1OC. The first-order valence-electron chi connectivity index (χ1n) is 6.18. The van der Waals surface area contributed by atoms with Crippen molar-refractivity contribution < 1.29 is 18.7 Å². The van der Waals surface area contributed by atoms with E-state index in [2.05, 4.69) is 4.99 Å². The second-order valence-corrected chi connectivity index (χ2v) is 4.60. The van der Waals surface area contributed by atoms with Crippen LogP contribution in [-0.4, -0.2) is 20.3 Å². The molecule has 1 aromatic rings. The van der Waals surface area contributed by atoms with Crippen molar-refractivity contribution in [2.75, 3.05) is 14.2 Å². The number of ether oxygens (including phenoxy) is 2. The second-order valence-electron chi connectivity index (χ2n) is 4.60. The van der Waals surface area contributed by atoms with E-state index in [1.165, 1.54) is 26.4 Å². The van der Waals surface area contributed by atoms with Gasteiger partial charge in [-0.1, -0.05) is 12.8 Å². The van der Waals surface area contributed by atoms with E-state index in [9.17, 15) is 9.18 Å². The van der Waals surface area contributed by atoms with Crippen molar-refractivity contribution in [2.24, 2.45) is 4.99 Å². The van der Waals surface area contributed by atoms with E-state index in [0.717, 1.165) is 12.8 Å². The number of rotatable bonds is 4. The Morgan fingerprint density at radius 2 is 1.95 bits per heavy atom. The van der Waals surface area contributed by atoms with Gasteiger partial charge in [-0.25, -0.2) is 9.18 Å². The van der Waals surface area contributed by atoms with Crippen molar-refractivity contribution in [3.05, 3.63) is 23.5 Å². The molecule has 0 bridgehead atoms. The van der Waals surface area contributed by atoms with E-state index < -0.39 is 11.4 Å². The van der Waals surface area contributed by atoms with E-state index in [1.807, 2.05) is 0 Å². The molecule has 1 aliphatic carbocycles. The summed E-state index contributed by atoms with van der Waals surface area (Å²) in [4.78, 5) is 14.6. The highest BCUT2D eigenvalue weighted by atomic mass is 19.1. The quantitative estimate of drug-likeness (QED) is 0.621. The van der Waals surface area contributed by atoms with Gasteiger partial charge in [0.2, 0.25) is 6.08 Å². The maximum atomic E-state index is 14.2. The molecule has 0 aromatic heterocycles. The lowest BCUT2D eigenvalue weighted by atomic mass is 9.87. The van der Waals surface area contributed by atoms with E-state index in [-0.39, 0.29) is 0 Å². The molecular formula is C14H16FNO3. The fourth-order valence-corrected chi connectivity index (χ4v) is 2.80. The van der Waals surface area contributed by atoms with Crippen LogP contribution in [0.3, 0.4) is 0 Å². The number of halogens is 1. The van der Waals surface area contributed by atoms with Crippen molar-refractivity contribution in [3.8, 4) is 11.5 Å². The molecule has 0 atom stereocenters. The first kappa shape index (κ1) is 13.6. The molecule has 102 valence electrons. The Kier molecular flexibility index (Phi) is 3.86. The zero-order valence-corrected chi connectivity index (χ0v) is 11.0. The Balaban J connectivity index is 2.68. The monoisotopic (exact) mass is 265 g/mol. The molecule has 1 aliphatic rings. The van der Waals surface area contributed by atoms with Crippen LogP contribution < -0.4 is 9.47 Å². The van der Waals surface area contributed by atoms with Crippen LogP contribution in [0.1, 0.15) is 31.2 Å². The van der Waals surface area contributed by atoms with Crippen molar-refractivity contribution in [1.29, 1.82) is 0 Å². The fraction of sp³-hybridized carbons (Fsp3) is 0.500. The molecule has 1 saturated carbocycles. The number of benzene rings is 1. The van der Waals surface area contributed by atoms with Gasteiger partial charge in [0.25, 0.3) is 0 Å². The van der Waals surface area contributed by atoms with Gasteiger partial charge in [-0.3, -0.25) is 0 Å². The van der Waals surface area contributed by atoms with E-state index in [1.54, 1.807) is 6.08 Å². The third-order valence-corrected chi connectivity index (χ3v) is 3.65.